The molecule has 0 aliphatic rings. The number of amides is 2. The zero-order valence-electron chi connectivity index (χ0n) is 7.53. The molecule has 6 nitrogen and oxygen atoms in total. The third kappa shape index (κ3) is 2.33. The first-order valence-electron chi connectivity index (χ1n) is 3.58. The Bertz CT molecular complexity index is 171. The van der Waals surface area contributed by atoms with Gasteiger partial charge < -0.3 is 5.73 Å². The van der Waals surface area contributed by atoms with Gasteiger partial charge in [0.25, 0.3) is 0 Å². The third-order valence-electron chi connectivity index (χ3n) is 2.01. The number of rotatable bonds is 3. The number of primary amides is 1. The minimum atomic E-state index is -0.897. The van der Waals surface area contributed by atoms with Crippen LogP contribution in [0.1, 0.15) is 20.8 Å². The molecule has 72 valence electrons. The number of hydrogen-bond acceptors (Lipinski definition) is 4. The molecule has 6 heteroatoms. The minimum absolute atomic E-state index is 0.444. The summed E-state index contributed by atoms with van der Waals surface area (Å²) in [4.78, 5) is 10.5. The van der Waals surface area contributed by atoms with E-state index >= 15 is 0 Å². The van der Waals surface area contributed by atoms with Crippen molar-refractivity contribution in [2.45, 2.75) is 32.4 Å². The predicted molar refractivity (Wildman–Crippen MR) is 44.1 cm³/mol. The number of nitrogens with one attached hydrogen (secondary N) is 1. The third-order valence-corrected chi connectivity index (χ3v) is 2.01. The van der Waals surface area contributed by atoms with Crippen molar-refractivity contribution in [3.63, 3.8) is 0 Å². The van der Waals surface area contributed by atoms with Crippen LogP contribution < -0.4 is 17.0 Å². The molecule has 0 aliphatic carbocycles. The highest BCUT2D eigenvalue weighted by molar-refractivity contribution is 5.71. The normalized spacial score (nSPS) is 14.1. The van der Waals surface area contributed by atoms with Gasteiger partial charge in [0, 0.05) is 5.54 Å². The van der Waals surface area contributed by atoms with Crippen LogP contribution in [0.15, 0.2) is 0 Å². The Morgan fingerprint density at radius 1 is 1.67 bits per heavy atom. The van der Waals surface area contributed by atoms with Crippen molar-refractivity contribution in [2.24, 2.45) is 11.6 Å². The molecule has 1 unspecified atom stereocenters. The second kappa shape index (κ2) is 3.70. The van der Waals surface area contributed by atoms with Crippen molar-refractivity contribution >= 4 is 6.03 Å². The maximum Gasteiger partial charge on any atom is 0.338 e. The first-order chi connectivity index (χ1) is 5.33. The fourth-order valence-corrected chi connectivity index (χ4v) is 0.617. The van der Waals surface area contributed by atoms with Crippen LogP contribution in [0.3, 0.4) is 0 Å². The molecule has 6 N–H and O–H groups in total. The van der Waals surface area contributed by atoms with Crippen molar-refractivity contribution in [2.75, 3.05) is 0 Å². The summed E-state index contributed by atoms with van der Waals surface area (Å²) < 4.78 is 0. The average Bonchev–Trinajstić information content (AvgIpc) is 2.01. The summed E-state index contributed by atoms with van der Waals surface area (Å²) in [7, 11) is 0. The average molecular weight is 176 g/mol. The Morgan fingerprint density at radius 2 is 2.08 bits per heavy atom. The van der Waals surface area contributed by atoms with Gasteiger partial charge in [-0.2, -0.15) is 0 Å². The highest BCUT2D eigenvalue weighted by Gasteiger charge is 2.30. The summed E-state index contributed by atoms with van der Waals surface area (Å²) in [5.74, 6) is 5.21. The van der Waals surface area contributed by atoms with Crippen molar-refractivity contribution in [3.8, 4) is 0 Å². The fraction of sp³-hybridized carbons (Fsp3) is 0.833. The Kier molecular flexibility index (Phi) is 3.44. The van der Waals surface area contributed by atoms with Crippen LogP contribution in [0, 0.1) is 0 Å². The molecule has 2 amide bonds. The number of carbonyl (C=O) groups excluding carboxylic acids is 1. The van der Waals surface area contributed by atoms with Crippen LogP contribution in [0.2, 0.25) is 0 Å². The quantitative estimate of drug-likeness (QED) is 0.261. The molecule has 0 aromatic rings. The van der Waals surface area contributed by atoms with Crippen molar-refractivity contribution in [1.82, 2.24) is 10.5 Å². The molecule has 0 spiro atoms. The van der Waals surface area contributed by atoms with E-state index in [2.05, 4.69) is 5.43 Å². The van der Waals surface area contributed by atoms with E-state index in [1.165, 1.54) is 0 Å². The second-order valence-electron chi connectivity index (χ2n) is 3.22. The monoisotopic (exact) mass is 176 g/mol. The smallest absolute Gasteiger partial charge is 0.338 e. The van der Waals surface area contributed by atoms with Gasteiger partial charge in [-0.25, -0.2) is 9.86 Å². The number of carbonyl (C=O) groups is 1. The summed E-state index contributed by atoms with van der Waals surface area (Å²) in [5.41, 5.74) is 6.73. The zero-order valence-corrected chi connectivity index (χ0v) is 7.53. The van der Waals surface area contributed by atoms with E-state index in [4.69, 9.17) is 16.8 Å². The van der Waals surface area contributed by atoms with Crippen LogP contribution in [0.25, 0.3) is 0 Å². The van der Waals surface area contributed by atoms with Crippen molar-refractivity contribution in [1.29, 1.82) is 0 Å². The molecular formula is C6H16N4O2. The summed E-state index contributed by atoms with van der Waals surface area (Å²) in [6.45, 7) is 5.11. The molecular weight excluding hydrogens is 160 g/mol. The van der Waals surface area contributed by atoms with Gasteiger partial charge in [-0.15, -0.1) is 0 Å². The van der Waals surface area contributed by atoms with Gasteiger partial charge in [0.1, 0.15) is 0 Å². The Hall–Kier alpha value is -0.850. The molecule has 0 heterocycles. The number of hydrazine groups is 1. The van der Waals surface area contributed by atoms with Crippen LogP contribution in [0.4, 0.5) is 4.79 Å². The lowest BCUT2D eigenvalue weighted by Crippen LogP contribution is -2.59. The summed E-state index contributed by atoms with van der Waals surface area (Å²) in [6.07, 6.45) is 0. The molecule has 0 aromatic heterocycles. The summed E-state index contributed by atoms with van der Waals surface area (Å²) >= 11 is 0. The molecule has 0 aromatic carbocycles. The number of hydrogen-bond donors (Lipinski definition) is 4. The summed E-state index contributed by atoms with van der Waals surface area (Å²) in [6, 6.07) is -1.40. The molecule has 0 aliphatic heterocycles. The molecule has 12 heavy (non-hydrogen) atoms. The second-order valence-corrected chi connectivity index (χ2v) is 3.22. The highest BCUT2D eigenvalue weighted by atomic mass is 16.5. The van der Waals surface area contributed by atoms with Gasteiger partial charge in [-0.3, -0.25) is 16.5 Å². The van der Waals surface area contributed by atoms with Gasteiger partial charge in [-0.05, 0) is 20.8 Å². The maximum absolute atomic E-state index is 10.5. The standard InChI is InChI=1S/C6H16N4O2/c1-4(6(2,3)9-8)10(12)5(7)11/h4,9,12H,8H2,1-3H3,(H2,7,11). The van der Waals surface area contributed by atoms with Crippen LogP contribution >= 0.6 is 0 Å². The molecule has 0 rings (SSSR count). The number of hydroxylamine groups is 2. The number of urea groups is 1. The highest BCUT2D eigenvalue weighted by Crippen LogP contribution is 2.12. The van der Waals surface area contributed by atoms with Crippen LogP contribution in [0.5, 0.6) is 0 Å². The Labute approximate surface area is 71.4 Å². The number of nitrogens with two attached hydrogens (primary N) is 2. The van der Waals surface area contributed by atoms with E-state index in [0.717, 1.165) is 0 Å². The topological polar surface area (TPSA) is 105 Å². The largest absolute Gasteiger partial charge is 0.350 e. The van der Waals surface area contributed by atoms with Crippen molar-refractivity contribution in [3.05, 3.63) is 0 Å². The predicted octanol–water partition coefficient (Wildman–Crippen LogP) is -0.613. The molecule has 0 fully saturated rings. The lowest BCUT2D eigenvalue weighted by molar-refractivity contribution is -0.0911. The minimum Gasteiger partial charge on any atom is -0.350 e. The molecule has 0 bridgehead atoms. The van der Waals surface area contributed by atoms with E-state index in [1.54, 1.807) is 20.8 Å². The first kappa shape index (κ1) is 11.2. The first-order valence-corrected chi connectivity index (χ1v) is 3.58. The van der Waals surface area contributed by atoms with E-state index in [0.29, 0.717) is 5.06 Å². The molecule has 1 atom stereocenters. The molecule has 0 saturated heterocycles. The lowest BCUT2D eigenvalue weighted by Gasteiger charge is -2.34. The lowest BCUT2D eigenvalue weighted by atomic mass is 9.97. The van der Waals surface area contributed by atoms with Crippen LogP contribution in [-0.4, -0.2) is 27.9 Å². The summed E-state index contributed by atoms with van der Waals surface area (Å²) in [5, 5.41) is 9.57. The van der Waals surface area contributed by atoms with Gasteiger partial charge in [-0.1, -0.05) is 0 Å². The number of nitrogens with zero attached hydrogens (tertiary/aromatic N) is 1. The maximum atomic E-state index is 10.5. The van der Waals surface area contributed by atoms with E-state index in [-0.39, 0.29) is 0 Å². The van der Waals surface area contributed by atoms with E-state index < -0.39 is 17.6 Å². The van der Waals surface area contributed by atoms with Crippen LogP contribution in [-0.2, 0) is 0 Å². The van der Waals surface area contributed by atoms with Gasteiger partial charge in [0.15, 0.2) is 0 Å². The van der Waals surface area contributed by atoms with Gasteiger partial charge in [0.2, 0.25) is 0 Å². The SMILES string of the molecule is CC(N(O)C(N)=O)C(C)(C)NN. The fourth-order valence-electron chi connectivity index (χ4n) is 0.617. The van der Waals surface area contributed by atoms with Gasteiger partial charge in [0.05, 0.1) is 6.04 Å². The zero-order chi connectivity index (χ0) is 9.94. The Balaban J connectivity index is 4.37. The molecule has 0 saturated carbocycles. The van der Waals surface area contributed by atoms with Gasteiger partial charge >= 0.3 is 6.03 Å². The molecule has 0 radical (unpaired) electrons. The van der Waals surface area contributed by atoms with E-state index in [9.17, 15) is 4.79 Å². The van der Waals surface area contributed by atoms with Crippen molar-refractivity contribution < 1.29 is 10.0 Å². The van der Waals surface area contributed by atoms with E-state index in [1.807, 2.05) is 0 Å². The Morgan fingerprint density at radius 3 is 2.33 bits per heavy atom.